The lowest BCUT2D eigenvalue weighted by molar-refractivity contribution is 0.167. The molecule has 1 unspecified atom stereocenters. The van der Waals surface area contributed by atoms with E-state index in [1.165, 1.54) is 0 Å². The summed E-state index contributed by atoms with van der Waals surface area (Å²) in [4.78, 5) is 4.27. The van der Waals surface area contributed by atoms with Crippen LogP contribution >= 0.6 is 0 Å². The number of hydrogen-bond donors (Lipinski definition) is 1. The first-order valence-corrected chi connectivity index (χ1v) is 7.16. The highest BCUT2D eigenvalue weighted by Gasteiger charge is 2.23. The number of benzene rings is 1. The lowest BCUT2D eigenvalue weighted by Crippen LogP contribution is -2.02. The molecule has 1 heterocycles. The maximum atomic E-state index is 10.3. The molecular weight excluding hydrogens is 250 g/mol. The number of aliphatic hydroxyl groups is 1. The number of hydrogen-bond acceptors (Lipinski definition) is 3. The topological polar surface area (TPSA) is 42.4 Å². The van der Waals surface area contributed by atoms with Crippen LogP contribution in [0, 0.1) is 0 Å². The van der Waals surface area contributed by atoms with Gasteiger partial charge in [-0.25, -0.2) is 0 Å². The molecule has 20 heavy (non-hydrogen) atoms. The van der Waals surface area contributed by atoms with Crippen molar-refractivity contribution in [2.75, 3.05) is 0 Å². The quantitative estimate of drug-likeness (QED) is 0.875. The second kappa shape index (κ2) is 6.06. The van der Waals surface area contributed by atoms with Gasteiger partial charge in [0.25, 0.3) is 0 Å². The van der Waals surface area contributed by atoms with Crippen LogP contribution in [0.2, 0.25) is 0 Å². The lowest BCUT2D eigenvalue weighted by atomic mass is 10.0. The van der Waals surface area contributed by atoms with Gasteiger partial charge in [0.05, 0.1) is 12.2 Å². The summed E-state index contributed by atoms with van der Waals surface area (Å²) < 4.78 is 5.76. The summed E-state index contributed by atoms with van der Waals surface area (Å²) in [5, 5.41) is 10.3. The number of ether oxygens (including phenoxy) is 1. The second-order valence-corrected chi connectivity index (χ2v) is 5.27. The van der Waals surface area contributed by atoms with Crippen molar-refractivity contribution in [3.63, 3.8) is 0 Å². The van der Waals surface area contributed by atoms with Crippen molar-refractivity contribution in [3.05, 3.63) is 59.9 Å². The number of aliphatic hydroxyl groups excluding tert-OH is 1. The molecule has 1 fully saturated rings. The molecule has 3 heteroatoms. The van der Waals surface area contributed by atoms with E-state index in [-0.39, 0.29) is 0 Å². The minimum absolute atomic E-state index is 0.385. The summed E-state index contributed by atoms with van der Waals surface area (Å²) in [7, 11) is 0. The van der Waals surface area contributed by atoms with Crippen LogP contribution in [-0.4, -0.2) is 16.2 Å². The van der Waals surface area contributed by atoms with E-state index in [9.17, 15) is 5.11 Å². The molecule has 1 aliphatic carbocycles. The molecule has 2 aromatic rings. The number of pyridine rings is 1. The van der Waals surface area contributed by atoms with E-state index in [1.54, 1.807) is 6.20 Å². The predicted octanol–water partition coefficient (Wildman–Crippen LogP) is 3.29. The van der Waals surface area contributed by atoms with Crippen LogP contribution in [0.25, 0.3) is 0 Å². The Morgan fingerprint density at radius 3 is 2.85 bits per heavy atom. The van der Waals surface area contributed by atoms with Gasteiger partial charge in [0.1, 0.15) is 5.75 Å². The van der Waals surface area contributed by atoms with Crippen molar-refractivity contribution < 1.29 is 9.84 Å². The Morgan fingerprint density at radius 2 is 2.10 bits per heavy atom. The van der Waals surface area contributed by atoms with Crippen LogP contribution in [0.5, 0.6) is 5.75 Å². The predicted molar refractivity (Wildman–Crippen MR) is 77.6 cm³/mol. The van der Waals surface area contributed by atoms with Crippen LogP contribution in [0.3, 0.4) is 0 Å². The third-order valence-corrected chi connectivity index (χ3v) is 3.47. The number of aromatic nitrogens is 1. The highest BCUT2D eigenvalue weighted by molar-refractivity contribution is 5.30. The first-order chi connectivity index (χ1) is 9.81. The van der Waals surface area contributed by atoms with Crippen molar-refractivity contribution in [1.82, 2.24) is 4.98 Å². The summed E-state index contributed by atoms with van der Waals surface area (Å²) in [6.07, 6.45) is 5.43. The summed E-state index contributed by atoms with van der Waals surface area (Å²) in [6.45, 7) is 0. The first kappa shape index (κ1) is 13.1. The van der Waals surface area contributed by atoms with Crippen LogP contribution in [-0.2, 0) is 6.42 Å². The fourth-order valence-electron chi connectivity index (χ4n) is 2.17. The van der Waals surface area contributed by atoms with Crippen molar-refractivity contribution >= 4 is 0 Å². The van der Waals surface area contributed by atoms with Crippen LogP contribution in [0.4, 0.5) is 0 Å². The van der Waals surface area contributed by atoms with Gasteiger partial charge in [-0.2, -0.15) is 0 Å². The summed E-state index contributed by atoms with van der Waals surface area (Å²) in [6, 6.07) is 13.6. The van der Waals surface area contributed by atoms with E-state index in [4.69, 9.17) is 4.74 Å². The molecule has 1 saturated carbocycles. The average Bonchev–Trinajstić information content (AvgIpc) is 3.30. The highest BCUT2D eigenvalue weighted by Crippen LogP contribution is 2.29. The Morgan fingerprint density at radius 1 is 1.20 bits per heavy atom. The standard InChI is InChI=1S/C17H19NO2/c19-17(10-7-14-5-1-2-11-18-14)13-4-3-6-16(12-13)20-15-8-9-15/h1-6,11-12,15,17,19H,7-10H2. The second-order valence-electron chi connectivity index (χ2n) is 5.27. The molecule has 1 aromatic carbocycles. The maximum Gasteiger partial charge on any atom is 0.120 e. The molecule has 3 nitrogen and oxygen atoms in total. The molecule has 0 aliphatic heterocycles. The van der Waals surface area contributed by atoms with E-state index >= 15 is 0 Å². The van der Waals surface area contributed by atoms with Gasteiger partial charge in [-0.1, -0.05) is 18.2 Å². The zero-order valence-electron chi connectivity index (χ0n) is 11.4. The monoisotopic (exact) mass is 269 g/mol. The van der Waals surface area contributed by atoms with E-state index in [2.05, 4.69) is 4.98 Å². The molecule has 1 N–H and O–H groups in total. The SMILES string of the molecule is OC(CCc1ccccn1)c1cccc(OC2CC2)c1. The van der Waals surface area contributed by atoms with Crippen molar-refractivity contribution in [2.45, 2.75) is 37.9 Å². The molecular formula is C17H19NO2. The minimum atomic E-state index is -0.472. The molecule has 1 atom stereocenters. The van der Waals surface area contributed by atoms with Gasteiger partial charge in [-0.15, -0.1) is 0 Å². The fourth-order valence-corrected chi connectivity index (χ4v) is 2.17. The van der Waals surface area contributed by atoms with E-state index in [0.717, 1.165) is 36.3 Å². The van der Waals surface area contributed by atoms with Gasteiger partial charge in [0.2, 0.25) is 0 Å². The van der Waals surface area contributed by atoms with Gasteiger partial charge in [-0.3, -0.25) is 4.98 Å². The van der Waals surface area contributed by atoms with Gasteiger partial charge >= 0.3 is 0 Å². The van der Waals surface area contributed by atoms with E-state index in [0.29, 0.717) is 12.5 Å². The molecule has 0 radical (unpaired) electrons. The third-order valence-electron chi connectivity index (χ3n) is 3.47. The van der Waals surface area contributed by atoms with Crippen LogP contribution < -0.4 is 4.74 Å². The molecule has 1 aliphatic rings. The lowest BCUT2D eigenvalue weighted by Gasteiger charge is -2.12. The molecule has 3 rings (SSSR count). The van der Waals surface area contributed by atoms with Crippen molar-refractivity contribution in [1.29, 1.82) is 0 Å². The van der Waals surface area contributed by atoms with Crippen molar-refractivity contribution in [2.24, 2.45) is 0 Å². The smallest absolute Gasteiger partial charge is 0.120 e. The van der Waals surface area contributed by atoms with E-state index in [1.807, 2.05) is 42.5 Å². The largest absolute Gasteiger partial charge is 0.490 e. The normalized spacial score (nSPS) is 15.8. The maximum absolute atomic E-state index is 10.3. The Labute approximate surface area is 119 Å². The van der Waals surface area contributed by atoms with Crippen LogP contribution in [0.1, 0.15) is 36.6 Å². The Bertz CT molecular complexity index is 552. The molecule has 0 spiro atoms. The number of rotatable bonds is 6. The summed E-state index contributed by atoms with van der Waals surface area (Å²) in [5.41, 5.74) is 1.93. The Kier molecular flexibility index (Phi) is 3.97. The third kappa shape index (κ3) is 3.58. The number of nitrogens with zero attached hydrogens (tertiary/aromatic N) is 1. The Balaban J connectivity index is 1.59. The average molecular weight is 269 g/mol. The van der Waals surface area contributed by atoms with Gasteiger partial charge in [0, 0.05) is 11.9 Å². The summed E-state index contributed by atoms with van der Waals surface area (Å²) in [5.74, 6) is 0.863. The van der Waals surface area contributed by atoms with Crippen molar-refractivity contribution in [3.8, 4) is 5.75 Å². The minimum Gasteiger partial charge on any atom is -0.490 e. The highest BCUT2D eigenvalue weighted by atomic mass is 16.5. The van der Waals surface area contributed by atoms with Gasteiger partial charge < -0.3 is 9.84 Å². The number of aryl methyl sites for hydroxylation is 1. The Hall–Kier alpha value is -1.87. The summed E-state index contributed by atoms with van der Waals surface area (Å²) >= 11 is 0. The molecule has 104 valence electrons. The van der Waals surface area contributed by atoms with Crippen LogP contribution in [0.15, 0.2) is 48.7 Å². The van der Waals surface area contributed by atoms with Gasteiger partial charge in [-0.05, 0) is 55.5 Å². The molecule has 0 amide bonds. The van der Waals surface area contributed by atoms with E-state index < -0.39 is 6.10 Å². The fraction of sp³-hybridized carbons (Fsp3) is 0.353. The zero-order chi connectivity index (χ0) is 13.8. The van der Waals surface area contributed by atoms with Gasteiger partial charge in [0.15, 0.2) is 0 Å². The molecule has 1 aromatic heterocycles. The molecule has 0 saturated heterocycles. The zero-order valence-corrected chi connectivity index (χ0v) is 11.4. The molecule has 0 bridgehead atoms. The first-order valence-electron chi connectivity index (χ1n) is 7.16.